The van der Waals surface area contributed by atoms with Crippen molar-refractivity contribution >= 4 is 22.7 Å². The minimum Gasteiger partial charge on any atom is -0.459 e. The van der Waals surface area contributed by atoms with Crippen molar-refractivity contribution in [1.82, 2.24) is 10.3 Å². The van der Waals surface area contributed by atoms with Crippen LogP contribution in [-0.4, -0.2) is 17.8 Å². The third-order valence-electron chi connectivity index (χ3n) is 3.20. The minimum absolute atomic E-state index is 0.195. The molecule has 1 N–H and O–H groups in total. The molecule has 0 bridgehead atoms. The van der Waals surface area contributed by atoms with Crippen molar-refractivity contribution < 1.29 is 4.42 Å². The molecule has 3 rings (SSSR count). The fourth-order valence-corrected chi connectivity index (χ4v) is 3.10. The number of hydrogen-bond acceptors (Lipinski definition) is 4. The predicted molar refractivity (Wildman–Crippen MR) is 83.0 cm³/mol. The largest absolute Gasteiger partial charge is 0.459 e. The number of thioether (sulfide) groups is 1. The number of pyridine rings is 1. The first-order chi connectivity index (χ1) is 9.86. The molecule has 3 aromatic rings. The summed E-state index contributed by atoms with van der Waals surface area (Å²) in [7, 11) is 1.96. The highest BCUT2D eigenvalue weighted by atomic mass is 32.2. The molecule has 0 amide bonds. The minimum atomic E-state index is 0.195. The Bertz CT molecular complexity index is 648. The topological polar surface area (TPSA) is 38.1 Å². The molecule has 0 saturated heterocycles. The van der Waals surface area contributed by atoms with Crippen molar-refractivity contribution in [2.24, 2.45) is 0 Å². The summed E-state index contributed by atoms with van der Waals surface area (Å²) in [5, 5.41) is 4.47. The number of benzene rings is 1. The molecule has 1 atom stereocenters. The van der Waals surface area contributed by atoms with E-state index in [2.05, 4.69) is 22.4 Å². The Morgan fingerprint density at radius 2 is 2.00 bits per heavy atom. The number of aromatic nitrogens is 1. The Labute approximate surface area is 122 Å². The zero-order valence-corrected chi connectivity index (χ0v) is 12.1. The molecule has 2 aromatic heterocycles. The summed E-state index contributed by atoms with van der Waals surface area (Å²) in [6.07, 6.45) is 3.63. The van der Waals surface area contributed by atoms with Crippen LogP contribution in [0.2, 0.25) is 0 Å². The first-order valence-corrected chi connectivity index (χ1v) is 7.54. The van der Waals surface area contributed by atoms with E-state index in [1.54, 1.807) is 11.8 Å². The molecule has 3 nitrogen and oxygen atoms in total. The second kappa shape index (κ2) is 6.11. The van der Waals surface area contributed by atoms with Gasteiger partial charge in [-0.05, 0) is 31.3 Å². The van der Waals surface area contributed by atoms with E-state index in [4.69, 9.17) is 4.42 Å². The van der Waals surface area contributed by atoms with Crippen molar-refractivity contribution in [2.45, 2.75) is 10.9 Å². The van der Waals surface area contributed by atoms with Gasteiger partial charge in [0.1, 0.15) is 11.3 Å². The van der Waals surface area contributed by atoms with Gasteiger partial charge in [0, 0.05) is 28.4 Å². The van der Waals surface area contributed by atoms with Gasteiger partial charge in [0.15, 0.2) is 0 Å². The monoisotopic (exact) mass is 284 g/mol. The smallest absolute Gasteiger partial charge is 0.134 e. The Hall–Kier alpha value is -1.78. The van der Waals surface area contributed by atoms with Crippen molar-refractivity contribution in [3.63, 3.8) is 0 Å². The van der Waals surface area contributed by atoms with Gasteiger partial charge < -0.3 is 9.73 Å². The van der Waals surface area contributed by atoms with Gasteiger partial charge in [-0.2, -0.15) is 0 Å². The van der Waals surface area contributed by atoms with Crippen molar-refractivity contribution in [3.8, 4) is 0 Å². The highest BCUT2D eigenvalue weighted by Gasteiger charge is 2.14. The SMILES string of the molecule is CNC(CSc1ccncc1)c1cc2ccccc2o1. The van der Waals surface area contributed by atoms with Crippen LogP contribution < -0.4 is 5.32 Å². The van der Waals surface area contributed by atoms with E-state index >= 15 is 0 Å². The summed E-state index contributed by atoms with van der Waals surface area (Å²) < 4.78 is 5.92. The average molecular weight is 284 g/mol. The second-order valence-electron chi connectivity index (χ2n) is 4.52. The van der Waals surface area contributed by atoms with Crippen molar-refractivity contribution in [2.75, 3.05) is 12.8 Å². The Morgan fingerprint density at radius 1 is 1.20 bits per heavy atom. The number of para-hydroxylation sites is 1. The first kappa shape index (κ1) is 13.2. The number of rotatable bonds is 5. The average Bonchev–Trinajstić information content (AvgIpc) is 2.92. The maximum atomic E-state index is 5.92. The molecule has 1 unspecified atom stereocenters. The van der Waals surface area contributed by atoms with Gasteiger partial charge in [0.05, 0.1) is 6.04 Å². The fourth-order valence-electron chi connectivity index (χ4n) is 2.10. The molecule has 0 aliphatic heterocycles. The number of hydrogen-bond donors (Lipinski definition) is 1. The van der Waals surface area contributed by atoms with Crippen LogP contribution in [0.5, 0.6) is 0 Å². The quantitative estimate of drug-likeness (QED) is 0.722. The standard InChI is InChI=1S/C16H16N2OS/c1-17-14(11-20-13-6-8-18-9-7-13)16-10-12-4-2-3-5-15(12)19-16/h2-10,14,17H,11H2,1H3. The fraction of sp³-hybridized carbons (Fsp3) is 0.188. The van der Waals surface area contributed by atoms with E-state index in [-0.39, 0.29) is 6.04 Å². The highest BCUT2D eigenvalue weighted by Crippen LogP contribution is 2.28. The molecular weight excluding hydrogens is 268 g/mol. The Balaban J connectivity index is 1.75. The number of fused-ring (bicyclic) bond motifs is 1. The summed E-state index contributed by atoms with van der Waals surface area (Å²) in [4.78, 5) is 5.25. The van der Waals surface area contributed by atoms with E-state index in [0.717, 1.165) is 22.5 Å². The highest BCUT2D eigenvalue weighted by molar-refractivity contribution is 7.99. The van der Waals surface area contributed by atoms with Crippen LogP contribution in [0, 0.1) is 0 Å². The van der Waals surface area contributed by atoms with E-state index in [1.807, 2.05) is 49.8 Å². The lowest BCUT2D eigenvalue weighted by Gasteiger charge is -2.12. The summed E-state index contributed by atoms with van der Waals surface area (Å²) in [5.41, 5.74) is 0.941. The lowest BCUT2D eigenvalue weighted by Crippen LogP contribution is -2.17. The Morgan fingerprint density at radius 3 is 2.75 bits per heavy atom. The van der Waals surface area contributed by atoms with Gasteiger partial charge in [-0.15, -0.1) is 11.8 Å². The molecule has 0 saturated carbocycles. The van der Waals surface area contributed by atoms with Crippen molar-refractivity contribution in [1.29, 1.82) is 0 Å². The molecule has 2 heterocycles. The van der Waals surface area contributed by atoms with Crippen LogP contribution >= 0.6 is 11.8 Å². The van der Waals surface area contributed by atoms with Gasteiger partial charge in [-0.25, -0.2) is 0 Å². The van der Waals surface area contributed by atoms with E-state index in [9.17, 15) is 0 Å². The summed E-state index contributed by atoms with van der Waals surface area (Å²) >= 11 is 1.80. The number of furan rings is 1. The van der Waals surface area contributed by atoms with Crippen LogP contribution in [0.25, 0.3) is 11.0 Å². The summed E-state index contributed by atoms with van der Waals surface area (Å²) in [6, 6.07) is 14.5. The molecule has 1 aromatic carbocycles. The molecule has 102 valence electrons. The zero-order valence-electron chi connectivity index (χ0n) is 11.2. The lowest BCUT2D eigenvalue weighted by atomic mass is 10.2. The number of nitrogens with zero attached hydrogens (tertiary/aromatic N) is 1. The van der Waals surface area contributed by atoms with Gasteiger partial charge in [0.25, 0.3) is 0 Å². The molecule has 0 aliphatic rings. The van der Waals surface area contributed by atoms with Crippen LogP contribution in [0.15, 0.2) is 64.2 Å². The molecule has 4 heteroatoms. The predicted octanol–water partition coefficient (Wildman–Crippen LogP) is 3.88. The third-order valence-corrected chi connectivity index (χ3v) is 4.31. The second-order valence-corrected chi connectivity index (χ2v) is 5.62. The Kier molecular flexibility index (Phi) is 4.04. The maximum absolute atomic E-state index is 5.92. The molecular formula is C16H16N2OS. The van der Waals surface area contributed by atoms with Crippen LogP contribution in [0.4, 0.5) is 0 Å². The summed E-state index contributed by atoms with van der Waals surface area (Å²) in [6.45, 7) is 0. The van der Waals surface area contributed by atoms with Gasteiger partial charge in [-0.3, -0.25) is 4.98 Å². The maximum Gasteiger partial charge on any atom is 0.134 e. The molecule has 20 heavy (non-hydrogen) atoms. The van der Waals surface area contributed by atoms with Gasteiger partial charge >= 0.3 is 0 Å². The van der Waals surface area contributed by atoms with E-state index < -0.39 is 0 Å². The van der Waals surface area contributed by atoms with E-state index in [0.29, 0.717) is 0 Å². The molecule has 0 spiro atoms. The van der Waals surface area contributed by atoms with Crippen LogP contribution in [-0.2, 0) is 0 Å². The van der Waals surface area contributed by atoms with Crippen LogP contribution in [0.1, 0.15) is 11.8 Å². The molecule has 0 fully saturated rings. The van der Waals surface area contributed by atoms with Crippen LogP contribution in [0.3, 0.4) is 0 Å². The molecule has 0 aliphatic carbocycles. The first-order valence-electron chi connectivity index (χ1n) is 6.55. The summed E-state index contributed by atoms with van der Waals surface area (Å²) in [5.74, 6) is 1.90. The third kappa shape index (κ3) is 2.86. The van der Waals surface area contributed by atoms with Gasteiger partial charge in [0.2, 0.25) is 0 Å². The lowest BCUT2D eigenvalue weighted by molar-refractivity contribution is 0.479. The zero-order chi connectivity index (χ0) is 13.8. The van der Waals surface area contributed by atoms with Crippen molar-refractivity contribution in [3.05, 3.63) is 60.6 Å². The van der Waals surface area contributed by atoms with E-state index in [1.165, 1.54) is 4.90 Å². The molecule has 0 radical (unpaired) electrons. The van der Waals surface area contributed by atoms with Gasteiger partial charge in [-0.1, -0.05) is 18.2 Å². The number of nitrogens with one attached hydrogen (secondary N) is 1. The normalized spacial score (nSPS) is 12.7.